The summed E-state index contributed by atoms with van der Waals surface area (Å²) < 4.78 is 0. The van der Waals surface area contributed by atoms with Gasteiger partial charge in [0.1, 0.15) is 0 Å². The van der Waals surface area contributed by atoms with Crippen molar-refractivity contribution in [3.05, 3.63) is 0 Å². The van der Waals surface area contributed by atoms with Crippen LogP contribution in [0.25, 0.3) is 0 Å². The standard InChI is InChI=1S/C17H36N2/c1-3-4-5-6-7-8-9-10-13-18-15-17-12-11-14-19(2)16-17/h17-18H,3-16H2,1-2H3. The Bertz CT molecular complexity index is 194. The summed E-state index contributed by atoms with van der Waals surface area (Å²) in [5.41, 5.74) is 0. The lowest BCUT2D eigenvalue weighted by Gasteiger charge is -2.29. The lowest BCUT2D eigenvalue weighted by atomic mass is 9.98. The van der Waals surface area contributed by atoms with Crippen molar-refractivity contribution in [3.8, 4) is 0 Å². The first kappa shape index (κ1) is 17.0. The maximum Gasteiger partial charge on any atom is 0.00187 e. The van der Waals surface area contributed by atoms with Gasteiger partial charge < -0.3 is 10.2 Å². The molecular formula is C17H36N2. The van der Waals surface area contributed by atoms with Crippen LogP contribution in [-0.4, -0.2) is 38.1 Å². The molecule has 0 aromatic rings. The Labute approximate surface area is 121 Å². The predicted octanol–water partition coefficient (Wildman–Crippen LogP) is 4.06. The molecule has 1 N–H and O–H groups in total. The maximum absolute atomic E-state index is 3.66. The van der Waals surface area contributed by atoms with Gasteiger partial charge in [0, 0.05) is 6.54 Å². The summed E-state index contributed by atoms with van der Waals surface area (Å²) in [6.45, 7) is 7.35. The molecule has 2 heteroatoms. The zero-order valence-corrected chi connectivity index (χ0v) is 13.4. The van der Waals surface area contributed by atoms with Crippen LogP contribution in [0.2, 0.25) is 0 Å². The van der Waals surface area contributed by atoms with Crippen LogP contribution in [0.4, 0.5) is 0 Å². The molecule has 1 fully saturated rings. The summed E-state index contributed by atoms with van der Waals surface area (Å²) in [5, 5.41) is 3.66. The highest BCUT2D eigenvalue weighted by Crippen LogP contribution is 2.14. The highest BCUT2D eigenvalue weighted by atomic mass is 15.1. The second-order valence-corrected chi connectivity index (χ2v) is 6.45. The van der Waals surface area contributed by atoms with E-state index in [9.17, 15) is 0 Å². The van der Waals surface area contributed by atoms with Gasteiger partial charge in [0.2, 0.25) is 0 Å². The molecule has 0 radical (unpaired) electrons. The number of unbranched alkanes of at least 4 members (excludes halogenated alkanes) is 7. The molecule has 1 saturated heterocycles. The van der Waals surface area contributed by atoms with Crippen molar-refractivity contribution in [2.75, 3.05) is 33.2 Å². The molecule has 0 bridgehead atoms. The molecule has 0 amide bonds. The Morgan fingerprint density at radius 3 is 2.37 bits per heavy atom. The van der Waals surface area contributed by atoms with E-state index in [0.29, 0.717) is 0 Å². The van der Waals surface area contributed by atoms with Crippen molar-refractivity contribution < 1.29 is 0 Å². The Kier molecular flexibility index (Phi) is 10.5. The summed E-state index contributed by atoms with van der Waals surface area (Å²) >= 11 is 0. The van der Waals surface area contributed by atoms with Gasteiger partial charge in [0.25, 0.3) is 0 Å². The van der Waals surface area contributed by atoms with Gasteiger partial charge in [-0.3, -0.25) is 0 Å². The third kappa shape index (κ3) is 9.45. The SMILES string of the molecule is CCCCCCCCCCNCC1CCCN(C)C1. The molecule has 19 heavy (non-hydrogen) atoms. The molecule has 1 unspecified atom stereocenters. The van der Waals surface area contributed by atoms with Gasteiger partial charge in [-0.1, -0.05) is 51.9 Å². The van der Waals surface area contributed by atoms with Gasteiger partial charge >= 0.3 is 0 Å². The quantitative estimate of drug-likeness (QED) is 0.569. The molecule has 1 aliphatic heterocycles. The van der Waals surface area contributed by atoms with Gasteiger partial charge in [-0.05, 0) is 51.9 Å². The minimum Gasteiger partial charge on any atom is -0.316 e. The van der Waals surface area contributed by atoms with E-state index in [1.807, 2.05) is 0 Å². The fourth-order valence-corrected chi connectivity index (χ4v) is 3.13. The summed E-state index contributed by atoms with van der Waals surface area (Å²) in [6.07, 6.45) is 14.2. The van der Waals surface area contributed by atoms with Crippen LogP contribution >= 0.6 is 0 Å². The van der Waals surface area contributed by atoms with E-state index < -0.39 is 0 Å². The summed E-state index contributed by atoms with van der Waals surface area (Å²) in [4.78, 5) is 2.48. The predicted molar refractivity (Wildman–Crippen MR) is 85.7 cm³/mol. The van der Waals surface area contributed by atoms with Crippen molar-refractivity contribution in [3.63, 3.8) is 0 Å². The molecule has 1 aliphatic rings. The summed E-state index contributed by atoms with van der Waals surface area (Å²) in [5.74, 6) is 0.896. The number of nitrogens with zero attached hydrogens (tertiary/aromatic N) is 1. The van der Waals surface area contributed by atoms with Crippen molar-refractivity contribution in [1.29, 1.82) is 0 Å². The molecule has 0 saturated carbocycles. The van der Waals surface area contributed by atoms with Crippen LogP contribution in [0.5, 0.6) is 0 Å². The summed E-state index contributed by atoms with van der Waals surface area (Å²) in [7, 11) is 2.25. The molecule has 0 aromatic carbocycles. The van der Waals surface area contributed by atoms with Gasteiger partial charge in [-0.15, -0.1) is 0 Å². The lowest BCUT2D eigenvalue weighted by Crippen LogP contribution is -2.37. The average Bonchev–Trinajstić information content (AvgIpc) is 2.41. The van der Waals surface area contributed by atoms with Crippen LogP contribution in [0.1, 0.15) is 71.1 Å². The number of nitrogens with one attached hydrogen (secondary N) is 1. The van der Waals surface area contributed by atoms with E-state index in [4.69, 9.17) is 0 Å². The minimum atomic E-state index is 0.896. The van der Waals surface area contributed by atoms with Crippen LogP contribution < -0.4 is 5.32 Å². The number of hydrogen-bond donors (Lipinski definition) is 1. The van der Waals surface area contributed by atoms with Crippen molar-refractivity contribution >= 4 is 0 Å². The van der Waals surface area contributed by atoms with E-state index >= 15 is 0 Å². The van der Waals surface area contributed by atoms with E-state index in [-0.39, 0.29) is 0 Å². The van der Waals surface area contributed by atoms with E-state index in [0.717, 1.165) is 5.92 Å². The zero-order valence-electron chi connectivity index (χ0n) is 13.4. The van der Waals surface area contributed by atoms with Crippen LogP contribution in [0.3, 0.4) is 0 Å². The van der Waals surface area contributed by atoms with Crippen molar-refractivity contribution in [2.45, 2.75) is 71.1 Å². The molecule has 0 aliphatic carbocycles. The molecule has 2 nitrogen and oxygen atoms in total. The van der Waals surface area contributed by atoms with Crippen molar-refractivity contribution in [1.82, 2.24) is 10.2 Å². The molecule has 1 heterocycles. The largest absolute Gasteiger partial charge is 0.316 e. The highest BCUT2D eigenvalue weighted by molar-refractivity contribution is 4.72. The van der Waals surface area contributed by atoms with Gasteiger partial charge in [-0.25, -0.2) is 0 Å². The Morgan fingerprint density at radius 1 is 1.00 bits per heavy atom. The highest BCUT2D eigenvalue weighted by Gasteiger charge is 2.15. The van der Waals surface area contributed by atoms with Crippen LogP contribution in [0, 0.1) is 5.92 Å². The van der Waals surface area contributed by atoms with Gasteiger partial charge in [0.15, 0.2) is 0 Å². The van der Waals surface area contributed by atoms with Gasteiger partial charge in [-0.2, -0.15) is 0 Å². The van der Waals surface area contributed by atoms with Crippen molar-refractivity contribution in [2.24, 2.45) is 5.92 Å². The normalized spacial score (nSPS) is 20.8. The number of hydrogen-bond acceptors (Lipinski definition) is 2. The van der Waals surface area contributed by atoms with Gasteiger partial charge in [0.05, 0.1) is 0 Å². The fourth-order valence-electron chi connectivity index (χ4n) is 3.13. The monoisotopic (exact) mass is 268 g/mol. The number of likely N-dealkylation sites (tertiary alicyclic amines) is 1. The Hall–Kier alpha value is -0.0800. The molecule has 1 rings (SSSR count). The van der Waals surface area contributed by atoms with E-state index in [1.54, 1.807) is 0 Å². The average molecular weight is 268 g/mol. The Balaban J connectivity index is 1.78. The first-order valence-electron chi connectivity index (χ1n) is 8.72. The number of rotatable bonds is 11. The number of piperidine rings is 1. The first-order valence-corrected chi connectivity index (χ1v) is 8.72. The van der Waals surface area contributed by atoms with E-state index in [2.05, 4.69) is 24.2 Å². The zero-order chi connectivity index (χ0) is 13.8. The molecule has 1 atom stereocenters. The van der Waals surface area contributed by atoms with Crippen LogP contribution in [0.15, 0.2) is 0 Å². The fraction of sp³-hybridized carbons (Fsp3) is 1.00. The minimum absolute atomic E-state index is 0.896. The third-order valence-corrected chi connectivity index (χ3v) is 4.36. The smallest absolute Gasteiger partial charge is 0.00187 e. The molecule has 0 spiro atoms. The Morgan fingerprint density at radius 2 is 1.68 bits per heavy atom. The second kappa shape index (κ2) is 11.7. The summed E-state index contributed by atoms with van der Waals surface area (Å²) in [6, 6.07) is 0. The molecule has 0 aromatic heterocycles. The van der Waals surface area contributed by atoms with E-state index in [1.165, 1.54) is 90.4 Å². The topological polar surface area (TPSA) is 15.3 Å². The molecular weight excluding hydrogens is 232 g/mol. The van der Waals surface area contributed by atoms with Crippen LogP contribution in [-0.2, 0) is 0 Å². The third-order valence-electron chi connectivity index (χ3n) is 4.36. The lowest BCUT2D eigenvalue weighted by molar-refractivity contribution is 0.206. The molecule has 114 valence electrons. The second-order valence-electron chi connectivity index (χ2n) is 6.45. The first-order chi connectivity index (χ1) is 9.33. The maximum atomic E-state index is 3.66.